The Morgan fingerprint density at radius 1 is 1.35 bits per heavy atom. The van der Waals surface area contributed by atoms with Gasteiger partial charge in [0.2, 0.25) is 10.0 Å². The quantitative estimate of drug-likeness (QED) is 0.783. The van der Waals surface area contributed by atoms with Gasteiger partial charge in [0, 0.05) is 34.1 Å². The highest BCUT2D eigenvalue weighted by Gasteiger charge is 2.37. The van der Waals surface area contributed by atoms with Crippen molar-refractivity contribution in [3.05, 3.63) is 28.2 Å². The van der Waals surface area contributed by atoms with Crippen molar-refractivity contribution in [1.29, 1.82) is 0 Å². The predicted molar refractivity (Wildman–Crippen MR) is 79.4 cm³/mol. The normalized spacial score (nSPS) is 20.1. The molecule has 0 aliphatic carbocycles. The lowest BCUT2D eigenvalue weighted by molar-refractivity contribution is 0.384. The Hall–Kier alpha value is -0.180. The van der Waals surface area contributed by atoms with Crippen molar-refractivity contribution in [3.8, 4) is 0 Å². The predicted octanol–water partition coefficient (Wildman–Crippen LogP) is 3.24. The molecule has 8 heteroatoms. The van der Waals surface area contributed by atoms with Crippen LogP contribution in [0.15, 0.2) is 21.5 Å². The molecule has 0 spiro atoms. The molecule has 1 aliphatic rings. The SMILES string of the molecule is CC1(C)CN(S(=O)(=O)c2c(F)cc(F)cc2Br)CCS1. The summed E-state index contributed by atoms with van der Waals surface area (Å²) in [6, 6.07) is 1.54. The largest absolute Gasteiger partial charge is 0.247 e. The van der Waals surface area contributed by atoms with Crippen LogP contribution in [0.2, 0.25) is 0 Å². The Bertz CT molecular complexity index is 611. The van der Waals surface area contributed by atoms with Crippen molar-refractivity contribution in [1.82, 2.24) is 4.31 Å². The number of halogens is 3. The minimum Gasteiger partial charge on any atom is -0.207 e. The van der Waals surface area contributed by atoms with E-state index in [2.05, 4.69) is 15.9 Å². The van der Waals surface area contributed by atoms with E-state index in [0.29, 0.717) is 24.9 Å². The molecule has 1 aliphatic heterocycles. The third-order valence-corrected chi connectivity index (χ3v) is 7.06. The molecule has 0 atom stereocenters. The summed E-state index contributed by atoms with van der Waals surface area (Å²) in [4.78, 5) is -0.499. The van der Waals surface area contributed by atoms with E-state index in [0.717, 1.165) is 6.07 Å². The number of hydrogen-bond donors (Lipinski definition) is 0. The maximum atomic E-state index is 13.9. The fourth-order valence-electron chi connectivity index (χ4n) is 2.08. The molecule has 0 amide bonds. The van der Waals surface area contributed by atoms with Crippen molar-refractivity contribution >= 4 is 37.7 Å². The first kappa shape index (κ1) is 16.2. The molecule has 1 heterocycles. The van der Waals surface area contributed by atoms with E-state index in [1.165, 1.54) is 4.31 Å². The zero-order chi connectivity index (χ0) is 15.1. The van der Waals surface area contributed by atoms with E-state index < -0.39 is 26.6 Å². The standard InChI is InChI=1S/C12H14BrF2NO2S2/c1-12(2)7-16(3-4-19-12)20(17,18)11-9(13)5-8(14)6-10(11)15/h5-6H,3-4,7H2,1-2H3. The van der Waals surface area contributed by atoms with Gasteiger partial charge in [0.25, 0.3) is 0 Å². The summed E-state index contributed by atoms with van der Waals surface area (Å²) in [6.07, 6.45) is 0. The Morgan fingerprint density at radius 2 is 2.00 bits per heavy atom. The highest BCUT2D eigenvalue weighted by Crippen LogP contribution is 2.35. The van der Waals surface area contributed by atoms with E-state index in [9.17, 15) is 17.2 Å². The molecule has 0 saturated carbocycles. The van der Waals surface area contributed by atoms with Gasteiger partial charge in [0.05, 0.1) is 0 Å². The molecule has 0 aromatic heterocycles. The maximum Gasteiger partial charge on any atom is 0.247 e. The van der Waals surface area contributed by atoms with E-state index in [-0.39, 0.29) is 9.22 Å². The van der Waals surface area contributed by atoms with Gasteiger partial charge >= 0.3 is 0 Å². The molecule has 1 saturated heterocycles. The van der Waals surface area contributed by atoms with Crippen LogP contribution < -0.4 is 0 Å². The molecule has 0 unspecified atom stereocenters. The molecule has 0 N–H and O–H groups in total. The molecule has 2 rings (SSSR count). The van der Waals surface area contributed by atoms with Crippen LogP contribution in [-0.2, 0) is 10.0 Å². The lowest BCUT2D eigenvalue weighted by atomic mass is 10.2. The minimum atomic E-state index is -3.98. The number of sulfonamides is 1. The third kappa shape index (κ3) is 3.18. The second kappa shape index (κ2) is 5.55. The molecule has 0 radical (unpaired) electrons. The number of thioether (sulfide) groups is 1. The summed E-state index contributed by atoms with van der Waals surface area (Å²) >= 11 is 4.61. The highest BCUT2D eigenvalue weighted by molar-refractivity contribution is 9.10. The molecule has 0 bridgehead atoms. The van der Waals surface area contributed by atoms with Gasteiger partial charge in [0.1, 0.15) is 16.5 Å². The Kier molecular flexibility index (Phi) is 4.49. The number of benzene rings is 1. The smallest absolute Gasteiger partial charge is 0.207 e. The van der Waals surface area contributed by atoms with Gasteiger partial charge in [-0.1, -0.05) is 0 Å². The fraction of sp³-hybridized carbons (Fsp3) is 0.500. The number of nitrogens with zero attached hydrogens (tertiary/aromatic N) is 1. The monoisotopic (exact) mass is 385 g/mol. The summed E-state index contributed by atoms with van der Waals surface area (Å²) in [7, 11) is -3.98. The molecule has 1 fully saturated rings. The molecule has 1 aromatic carbocycles. The summed E-state index contributed by atoms with van der Waals surface area (Å²) in [5.74, 6) is -1.25. The van der Waals surface area contributed by atoms with Gasteiger partial charge in [-0.15, -0.1) is 0 Å². The van der Waals surface area contributed by atoms with Gasteiger partial charge in [-0.3, -0.25) is 0 Å². The second-order valence-corrected chi connectivity index (χ2v) is 9.68. The Morgan fingerprint density at radius 3 is 2.55 bits per heavy atom. The summed E-state index contributed by atoms with van der Waals surface area (Å²) in [6.45, 7) is 4.49. The topological polar surface area (TPSA) is 37.4 Å². The van der Waals surface area contributed by atoms with Crippen LogP contribution in [0.3, 0.4) is 0 Å². The van der Waals surface area contributed by atoms with Crippen LogP contribution >= 0.6 is 27.7 Å². The molecular formula is C12H14BrF2NO2S2. The van der Waals surface area contributed by atoms with Crippen molar-refractivity contribution < 1.29 is 17.2 Å². The molecule has 3 nitrogen and oxygen atoms in total. The maximum absolute atomic E-state index is 13.9. The van der Waals surface area contributed by atoms with E-state index in [1.54, 1.807) is 11.8 Å². The van der Waals surface area contributed by atoms with Crippen LogP contribution in [0.5, 0.6) is 0 Å². The zero-order valence-corrected chi connectivity index (χ0v) is 14.2. The first-order valence-corrected chi connectivity index (χ1v) is 9.14. The van der Waals surface area contributed by atoms with Crippen molar-refractivity contribution in [2.75, 3.05) is 18.8 Å². The average Bonchev–Trinajstić information content (AvgIpc) is 2.25. The first-order valence-electron chi connectivity index (χ1n) is 5.92. The van der Waals surface area contributed by atoms with Gasteiger partial charge in [0.15, 0.2) is 0 Å². The summed E-state index contributed by atoms with van der Waals surface area (Å²) < 4.78 is 53.0. The highest BCUT2D eigenvalue weighted by atomic mass is 79.9. The van der Waals surface area contributed by atoms with Crippen LogP contribution in [0.4, 0.5) is 8.78 Å². The fourth-order valence-corrected chi connectivity index (χ4v) is 6.11. The Balaban J connectivity index is 2.46. The molecule has 112 valence electrons. The Labute approximate surface area is 129 Å². The van der Waals surface area contributed by atoms with E-state index in [1.807, 2.05) is 13.8 Å². The molecular weight excluding hydrogens is 372 g/mol. The minimum absolute atomic E-state index is 0.0916. The van der Waals surface area contributed by atoms with Crippen LogP contribution in [-0.4, -0.2) is 36.3 Å². The van der Waals surface area contributed by atoms with Crippen molar-refractivity contribution in [2.45, 2.75) is 23.5 Å². The summed E-state index contributed by atoms with van der Waals surface area (Å²) in [5, 5.41) is 0. The van der Waals surface area contributed by atoms with Crippen LogP contribution in [0.1, 0.15) is 13.8 Å². The van der Waals surface area contributed by atoms with E-state index >= 15 is 0 Å². The average molecular weight is 386 g/mol. The lowest BCUT2D eigenvalue weighted by Crippen LogP contribution is -2.46. The van der Waals surface area contributed by atoms with Gasteiger partial charge in [-0.2, -0.15) is 16.1 Å². The first-order chi connectivity index (χ1) is 9.13. The number of rotatable bonds is 2. The second-order valence-electron chi connectivity index (χ2n) is 5.15. The third-order valence-electron chi connectivity index (χ3n) is 2.95. The molecule has 1 aromatic rings. The molecule has 20 heavy (non-hydrogen) atoms. The van der Waals surface area contributed by atoms with Gasteiger partial charge in [-0.05, 0) is 35.8 Å². The van der Waals surface area contributed by atoms with Crippen LogP contribution in [0, 0.1) is 11.6 Å². The zero-order valence-electron chi connectivity index (χ0n) is 11.0. The van der Waals surface area contributed by atoms with Gasteiger partial charge < -0.3 is 0 Å². The summed E-state index contributed by atoms with van der Waals surface area (Å²) in [5.41, 5.74) is 0. The van der Waals surface area contributed by atoms with Gasteiger partial charge in [-0.25, -0.2) is 17.2 Å². The lowest BCUT2D eigenvalue weighted by Gasteiger charge is -2.36. The van der Waals surface area contributed by atoms with E-state index in [4.69, 9.17) is 0 Å². The van der Waals surface area contributed by atoms with Crippen molar-refractivity contribution in [2.24, 2.45) is 0 Å². The van der Waals surface area contributed by atoms with Crippen molar-refractivity contribution in [3.63, 3.8) is 0 Å². The number of hydrogen-bond acceptors (Lipinski definition) is 3. The van der Waals surface area contributed by atoms with Crippen LogP contribution in [0.25, 0.3) is 0 Å².